The number of carbonyl (C=O) groups is 1. The number of rotatable bonds is 4. The summed E-state index contributed by atoms with van der Waals surface area (Å²) in [5.74, 6) is -0.129. The predicted octanol–water partition coefficient (Wildman–Crippen LogP) is 4.44. The van der Waals surface area contributed by atoms with Crippen molar-refractivity contribution in [2.75, 3.05) is 5.32 Å². The van der Waals surface area contributed by atoms with Crippen molar-refractivity contribution in [2.45, 2.75) is 58.3 Å². The Balaban J connectivity index is 2.06. The molecular weight excluding hydrogens is 260 g/mol. The lowest BCUT2D eigenvalue weighted by molar-refractivity contribution is -0.123. The van der Waals surface area contributed by atoms with Crippen molar-refractivity contribution in [3.8, 4) is 6.07 Å². The Kier molecular flexibility index (Phi) is 5.38. The number of hydrogen-bond donors (Lipinski definition) is 1. The van der Waals surface area contributed by atoms with Crippen LogP contribution in [0.4, 0.5) is 5.69 Å². The van der Waals surface area contributed by atoms with E-state index in [4.69, 9.17) is 0 Å². The van der Waals surface area contributed by atoms with E-state index in [0.717, 1.165) is 44.2 Å². The molecule has 3 heteroatoms. The minimum absolute atomic E-state index is 0.129. The van der Waals surface area contributed by atoms with Crippen LogP contribution in [0.2, 0.25) is 0 Å². The number of nitrogens with one attached hydrogen (secondary N) is 1. The Morgan fingerprint density at radius 1 is 1.19 bits per heavy atom. The molecule has 1 aliphatic rings. The molecule has 0 unspecified atom stereocenters. The van der Waals surface area contributed by atoms with E-state index in [1.54, 1.807) is 0 Å². The zero-order valence-corrected chi connectivity index (χ0v) is 12.8. The first kappa shape index (κ1) is 15.6. The van der Waals surface area contributed by atoms with Gasteiger partial charge in [-0.1, -0.05) is 51.2 Å². The monoisotopic (exact) mass is 284 g/mol. The van der Waals surface area contributed by atoms with Crippen LogP contribution in [0.3, 0.4) is 0 Å². The number of anilines is 1. The van der Waals surface area contributed by atoms with E-state index in [1.165, 1.54) is 5.56 Å². The fraction of sp³-hybridized carbons (Fsp3) is 0.556. The molecule has 1 amide bonds. The van der Waals surface area contributed by atoms with E-state index in [2.05, 4.69) is 18.3 Å². The smallest absolute Gasteiger partial charge is 0.244 e. The van der Waals surface area contributed by atoms with Crippen molar-refractivity contribution in [3.05, 3.63) is 29.8 Å². The van der Waals surface area contributed by atoms with Gasteiger partial charge in [0, 0.05) is 5.69 Å². The lowest BCUT2D eigenvalue weighted by Gasteiger charge is -2.23. The van der Waals surface area contributed by atoms with Crippen LogP contribution in [0, 0.1) is 16.7 Å². The summed E-state index contributed by atoms with van der Waals surface area (Å²) in [5, 5.41) is 12.5. The number of hydrogen-bond acceptors (Lipinski definition) is 2. The first-order chi connectivity index (χ1) is 10.2. The standard InChI is InChI=1S/C18H24N2O/c1-2-7-15-8-10-16(11-9-15)20-17(21)18(14-19)12-5-3-4-6-13-18/h8-11H,2-7,12-13H2,1H3,(H,20,21). The summed E-state index contributed by atoms with van der Waals surface area (Å²) in [6.07, 6.45) is 7.73. The molecule has 0 atom stereocenters. The Labute approximate surface area is 127 Å². The Hall–Kier alpha value is -1.82. The molecule has 21 heavy (non-hydrogen) atoms. The van der Waals surface area contributed by atoms with Crippen molar-refractivity contribution in [3.63, 3.8) is 0 Å². The number of aryl methyl sites for hydroxylation is 1. The maximum atomic E-state index is 12.6. The molecular formula is C18H24N2O. The predicted molar refractivity (Wildman–Crippen MR) is 84.8 cm³/mol. The third-order valence-electron chi connectivity index (χ3n) is 4.36. The Morgan fingerprint density at radius 3 is 2.33 bits per heavy atom. The third kappa shape index (κ3) is 3.85. The van der Waals surface area contributed by atoms with Crippen LogP contribution in [0.15, 0.2) is 24.3 Å². The van der Waals surface area contributed by atoms with Gasteiger partial charge in [0.05, 0.1) is 6.07 Å². The van der Waals surface area contributed by atoms with Gasteiger partial charge in [0.25, 0.3) is 0 Å². The van der Waals surface area contributed by atoms with Gasteiger partial charge >= 0.3 is 0 Å². The topological polar surface area (TPSA) is 52.9 Å². The lowest BCUT2D eigenvalue weighted by atomic mass is 9.81. The maximum Gasteiger partial charge on any atom is 0.244 e. The maximum absolute atomic E-state index is 12.6. The highest BCUT2D eigenvalue weighted by Gasteiger charge is 2.38. The summed E-state index contributed by atoms with van der Waals surface area (Å²) in [6.45, 7) is 2.15. The molecule has 3 nitrogen and oxygen atoms in total. The minimum Gasteiger partial charge on any atom is -0.325 e. The van der Waals surface area contributed by atoms with Gasteiger partial charge in [-0.05, 0) is 37.0 Å². The molecule has 1 saturated carbocycles. The van der Waals surface area contributed by atoms with E-state index < -0.39 is 5.41 Å². The summed E-state index contributed by atoms with van der Waals surface area (Å²) in [4.78, 5) is 12.6. The Bertz CT molecular complexity index is 505. The first-order valence-electron chi connectivity index (χ1n) is 8.02. The summed E-state index contributed by atoms with van der Waals surface area (Å²) >= 11 is 0. The van der Waals surface area contributed by atoms with Gasteiger partial charge in [-0.25, -0.2) is 0 Å². The molecule has 1 fully saturated rings. The van der Waals surface area contributed by atoms with Crippen molar-refractivity contribution >= 4 is 11.6 Å². The number of nitriles is 1. The van der Waals surface area contributed by atoms with Crippen LogP contribution in [-0.2, 0) is 11.2 Å². The van der Waals surface area contributed by atoms with E-state index in [-0.39, 0.29) is 5.91 Å². The molecule has 0 spiro atoms. The van der Waals surface area contributed by atoms with Crippen molar-refractivity contribution in [1.29, 1.82) is 5.26 Å². The molecule has 1 aromatic carbocycles. The zero-order valence-electron chi connectivity index (χ0n) is 12.8. The highest BCUT2D eigenvalue weighted by atomic mass is 16.2. The van der Waals surface area contributed by atoms with Crippen molar-refractivity contribution < 1.29 is 4.79 Å². The van der Waals surface area contributed by atoms with Crippen LogP contribution in [-0.4, -0.2) is 5.91 Å². The zero-order chi connectivity index (χ0) is 15.1. The van der Waals surface area contributed by atoms with Gasteiger partial charge in [0.1, 0.15) is 5.41 Å². The highest BCUT2D eigenvalue weighted by molar-refractivity contribution is 5.97. The van der Waals surface area contributed by atoms with Gasteiger partial charge in [-0.2, -0.15) is 5.26 Å². The third-order valence-corrected chi connectivity index (χ3v) is 4.36. The van der Waals surface area contributed by atoms with Crippen molar-refractivity contribution in [2.24, 2.45) is 5.41 Å². The van der Waals surface area contributed by atoms with Crippen LogP contribution < -0.4 is 5.32 Å². The number of carbonyl (C=O) groups excluding carboxylic acids is 1. The van der Waals surface area contributed by atoms with Gasteiger partial charge < -0.3 is 5.32 Å². The SMILES string of the molecule is CCCc1ccc(NC(=O)C2(C#N)CCCCCC2)cc1. The average molecular weight is 284 g/mol. The summed E-state index contributed by atoms with van der Waals surface area (Å²) in [6, 6.07) is 10.3. The molecule has 0 aliphatic heterocycles. The normalized spacial score (nSPS) is 17.5. The molecule has 1 N–H and O–H groups in total. The molecule has 2 rings (SSSR count). The van der Waals surface area contributed by atoms with Crippen molar-refractivity contribution in [1.82, 2.24) is 0 Å². The second-order valence-electron chi connectivity index (χ2n) is 6.01. The summed E-state index contributed by atoms with van der Waals surface area (Å²) in [7, 11) is 0. The van der Waals surface area contributed by atoms with Crippen LogP contribution >= 0.6 is 0 Å². The van der Waals surface area contributed by atoms with E-state index in [9.17, 15) is 10.1 Å². The molecule has 1 aliphatic carbocycles. The van der Waals surface area contributed by atoms with Gasteiger partial charge in [0.2, 0.25) is 5.91 Å². The van der Waals surface area contributed by atoms with E-state index in [0.29, 0.717) is 12.8 Å². The molecule has 0 saturated heterocycles. The lowest BCUT2D eigenvalue weighted by Crippen LogP contribution is -2.34. The molecule has 0 radical (unpaired) electrons. The molecule has 1 aromatic rings. The number of nitrogens with zero attached hydrogens (tertiary/aromatic N) is 1. The minimum atomic E-state index is -0.835. The van der Waals surface area contributed by atoms with E-state index in [1.807, 2.05) is 24.3 Å². The highest BCUT2D eigenvalue weighted by Crippen LogP contribution is 2.35. The largest absolute Gasteiger partial charge is 0.325 e. The quantitative estimate of drug-likeness (QED) is 0.831. The Morgan fingerprint density at radius 2 is 1.81 bits per heavy atom. The summed E-state index contributed by atoms with van der Waals surface area (Å²) < 4.78 is 0. The van der Waals surface area contributed by atoms with Crippen LogP contribution in [0.1, 0.15) is 57.4 Å². The molecule has 0 heterocycles. The number of benzene rings is 1. The average Bonchev–Trinajstić information content (AvgIpc) is 2.76. The molecule has 0 bridgehead atoms. The second kappa shape index (κ2) is 7.26. The summed E-state index contributed by atoms with van der Waals surface area (Å²) in [5.41, 5.74) is 1.23. The van der Waals surface area contributed by atoms with Crippen LogP contribution in [0.25, 0.3) is 0 Å². The second-order valence-corrected chi connectivity index (χ2v) is 6.01. The fourth-order valence-electron chi connectivity index (χ4n) is 3.02. The fourth-order valence-corrected chi connectivity index (χ4v) is 3.02. The first-order valence-corrected chi connectivity index (χ1v) is 8.02. The molecule has 0 aromatic heterocycles. The van der Waals surface area contributed by atoms with Gasteiger partial charge in [0.15, 0.2) is 0 Å². The number of amides is 1. The van der Waals surface area contributed by atoms with Crippen LogP contribution in [0.5, 0.6) is 0 Å². The van der Waals surface area contributed by atoms with E-state index >= 15 is 0 Å². The van der Waals surface area contributed by atoms with Gasteiger partial charge in [-0.3, -0.25) is 4.79 Å². The van der Waals surface area contributed by atoms with Gasteiger partial charge in [-0.15, -0.1) is 0 Å². The molecule has 112 valence electrons.